The molecule has 0 aliphatic carbocycles. The molecule has 352 valence electrons. The number of nitrogens with one attached hydrogen (secondary N) is 1. The lowest BCUT2D eigenvalue weighted by atomic mass is 10.3. The van der Waals surface area contributed by atoms with Gasteiger partial charge in [0.2, 0.25) is 0 Å². The average molecular weight is 982 g/mol. The van der Waals surface area contributed by atoms with Gasteiger partial charge in [0.1, 0.15) is 9.79 Å². The minimum atomic E-state index is -3.27. The lowest BCUT2D eigenvalue weighted by molar-refractivity contribution is 0.585. The molecule has 5 heterocycles. The standard InChI is InChI=1S/C11H12N2O2S.C9H13NO2S.C9H12O2S.C7H12N2O2S.C6H10N2O2S/c1-8(2)16(14,15)11-4-6-13-10-7-12-5-3-9(10)11;1-7(2)13(11,12)9-4-5-10-8(3)6-9;1-8(2)12(10,11)9-6-4-3-5-7-9;1-6(2)12(10,11)7-4-8-9(3)5-7;1-5(2)11(9,10)6-3-7-8-4-6/h3-8H,1-2H3;4-7H,1-3H3;3-8H,1-2H3;4-6H,1-3H3;3-5H,1-2H3,(H,7,8). The zero-order valence-corrected chi connectivity index (χ0v) is 42.1. The highest BCUT2D eigenvalue weighted by atomic mass is 32.2. The minimum Gasteiger partial charge on any atom is -0.284 e. The first-order valence-corrected chi connectivity index (χ1v) is 27.6. The summed E-state index contributed by atoms with van der Waals surface area (Å²) in [5, 5.41) is 8.52. The Kier molecular flexibility index (Phi) is 20.1. The van der Waals surface area contributed by atoms with Crippen LogP contribution in [-0.4, -0.2) is 103 Å². The van der Waals surface area contributed by atoms with Gasteiger partial charge >= 0.3 is 0 Å². The van der Waals surface area contributed by atoms with E-state index in [0.717, 1.165) is 5.69 Å². The van der Waals surface area contributed by atoms with Gasteiger partial charge < -0.3 is 0 Å². The Labute approximate surface area is 378 Å². The highest BCUT2D eigenvalue weighted by molar-refractivity contribution is 7.93. The molecule has 64 heavy (non-hydrogen) atoms. The van der Waals surface area contributed by atoms with Crippen LogP contribution in [0.4, 0.5) is 0 Å². The smallest absolute Gasteiger partial charge is 0.183 e. The molecule has 22 heteroatoms. The Morgan fingerprint density at radius 2 is 1.02 bits per heavy atom. The number of rotatable bonds is 10. The molecule has 1 N–H and O–H groups in total. The quantitative estimate of drug-likeness (QED) is 0.155. The van der Waals surface area contributed by atoms with Gasteiger partial charge in [-0.1, -0.05) is 18.2 Å². The van der Waals surface area contributed by atoms with Gasteiger partial charge in [-0.3, -0.25) is 24.7 Å². The highest BCUT2D eigenvalue weighted by Gasteiger charge is 2.23. The van der Waals surface area contributed by atoms with E-state index in [1.165, 1.54) is 54.0 Å². The van der Waals surface area contributed by atoms with Crippen molar-refractivity contribution in [3.05, 3.63) is 110 Å². The van der Waals surface area contributed by atoms with Crippen molar-refractivity contribution in [1.82, 2.24) is 34.9 Å². The van der Waals surface area contributed by atoms with E-state index in [2.05, 4.69) is 30.2 Å². The van der Waals surface area contributed by atoms with Crippen molar-refractivity contribution in [1.29, 1.82) is 0 Å². The van der Waals surface area contributed by atoms with E-state index in [4.69, 9.17) is 0 Å². The summed E-state index contributed by atoms with van der Waals surface area (Å²) >= 11 is 0. The predicted molar refractivity (Wildman–Crippen MR) is 248 cm³/mol. The number of aromatic nitrogens is 7. The number of fused-ring (bicyclic) bond motifs is 1. The fourth-order valence-corrected chi connectivity index (χ4v) is 10.3. The Morgan fingerprint density at radius 3 is 1.48 bits per heavy atom. The van der Waals surface area contributed by atoms with Crippen LogP contribution in [0.25, 0.3) is 10.9 Å². The molecule has 0 aliphatic rings. The summed E-state index contributed by atoms with van der Waals surface area (Å²) in [6, 6.07) is 14.8. The van der Waals surface area contributed by atoms with E-state index >= 15 is 0 Å². The second-order valence-corrected chi connectivity index (χ2v) is 27.9. The molecule has 0 spiro atoms. The predicted octanol–water partition coefficient (Wildman–Crippen LogP) is 6.45. The normalized spacial score (nSPS) is 12.1. The largest absolute Gasteiger partial charge is 0.284 e. The van der Waals surface area contributed by atoms with Gasteiger partial charge in [-0.05, 0) is 113 Å². The molecule has 0 saturated carbocycles. The van der Waals surface area contributed by atoms with Gasteiger partial charge in [0.25, 0.3) is 0 Å². The van der Waals surface area contributed by atoms with Crippen molar-refractivity contribution in [3.63, 3.8) is 0 Å². The van der Waals surface area contributed by atoms with E-state index in [1.807, 2.05) is 0 Å². The van der Waals surface area contributed by atoms with Crippen molar-refractivity contribution in [2.75, 3.05) is 0 Å². The molecule has 0 radical (unpaired) electrons. The van der Waals surface area contributed by atoms with E-state index in [-0.39, 0.29) is 25.9 Å². The minimum absolute atomic E-state index is 0.257. The van der Waals surface area contributed by atoms with Crippen molar-refractivity contribution >= 4 is 60.1 Å². The highest BCUT2D eigenvalue weighted by Crippen LogP contribution is 2.24. The molecule has 17 nitrogen and oxygen atoms in total. The third-order valence-electron chi connectivity index (χ3n) is 8.99. The van der Waals surface area contributed by atoms with Crippen molar-refractivity contribution in [3.8, 4) is 0 Å². The molecule has 0 unspecified atom stereocenters. The van der Waals surface area contributed by atoms with Crippen LogP contribution in [0.15, 0.2) is 129 Å². The third-order valence-corrected chi connectivity index (χ3v) is 19.8. The number of benzene rings is 1. The fourth-order valence-electron chi connectivity index (χ4n) is 4.81. The monoisotopic (exact) mass is 981 g/mol. The third kappa shape index (κ3) is 14.8. The lowest BCUT2D eigenvalue weighted by Gasteiger charge is -2.09. The Hall–Kier alpha value is -4.90. The van der Waals surface area contributed by atoms with Gasteiger partial charge in [0.15, 0.2) is 49.2 Å². The summed E-state index contributed by atoms with van der Waals surface area (Å²) < 4.78 is 118. The molecule has 0 atom stereocenters. The van der Waals surface area contributed by atoms with E-state index < -0.39 is 54.4 Å². The molecule has 0 fully saturated rings. The zero-order valence-electron chi connectivity index (χ0n) is 38.0. The SMILES string of the molecule is CC(C)S(=O)(=O)c1ccccc1.CC(C)S(=O)(=O)c1ccnc2cnccc12.CC(C)S(=O)(=O)c1cn[nH]c1.CC(C)S(=O)(=O)c1cnn(C)c1.Cc1cc(S(=O)(=O)C(C)C)ccn1. The number of sulfone groups is 5. The number of nitrogens with zero attached hydrogens (tertiary/aromatic N) is 6. The maximum Gasteiger partial charge on any atom is 0.183 e. The molecule has 0 aliphatic heterocycles. The summed E-state index contributed by atoms with van der Waals surface area (Å²) in [5.41, 5.74) is 1.32. The molecule has 0 amide bonds. The van der Waals surface area contributed by atoms with E-state index in [1.54, 1.807) is 138 Å². The van der Waals surface area contributed by atoms with Crippen LogP contribution in [0, 0.1) is 6.92 Å². The fraction of sp³-hybridized carbons (Fsp3) is 0.405. The Balaban J connectivity index is 0.000000277. The van der Waals surface area contributed by atoms with Gasteiger partial charge in [0, 0.05) is 49.1 Å². The van der Waals surface area contributed by atoms with Crippen LogP contribution in [0.5, 0.6) is 0 Å². The molecule has 5 aromatic heterocycles. The summed E-state index contributed by atoms with van der Waals surface area (Å²) in [5.74, 6) is 0. The molecule has 0 saturated heterocycles. The van der Waals surface area contributed by atoms with Gasteiger partial charge in [-0.15, -0.1) is 0 Å². The summed E-state index contributed by atoms with van der Waals surface area (Å²) in [6.45, 7) is 18.4. The first-order chi connectivity index (χ1) is 29.5. The topological polar surface area (TPSA) is 256 Å². The van der Waals surface area contributed by atoms with Crippen molar-refractivity contribution < 1.29 is 42.1 Å². The summed E-state index contributed by atoms with van der Waals surface area (Å²) in [6.07, 6.45) is 11.7. The molecular weight excluding hydrogens is 923 g/mol. The molecule has 6 aromatic rings. The second-order valence-electron chi connectivity index (χ2n) is 15.4. The van der Waals surface area contributed by atoms with Crippen LogP contribution >= 0.6 is 0 Å². The number of aryl methyl sites for hydroxylation is 2. The van der Waals surface area contributed by atoms with Crippen molar-refractivity contribution in [2.24, 2.45) is 7.05 Å². The van der Waals surface area contributed by atoms with Crippen LogP contribution in [0.3, 0.4) is 0 Å². The first-order valence-electron chi connectivity index (χ1n) is 19.9. The number of H-pyrrole nitrogens is 1. The Morgan fingerprint density at radius 1 is 0.516 bits per heavy atom. The first kappa shape index (κ1) is 55.2. The van der Waals surface area contributed by atoms with Crippen LogP contribution < -0.4 is 0 Å². The van der Waals surface area contributed by atoms with Gasteiger partial charge in [0.05, 0.1) is 65.0 Å². The van der Waals surface area contributed by atoms with E-state index in [0.29, 0.717) is 30.5 Å². The maximum absolute atomic E-state index is 12.1. The molecule has 0 bridgehead atoms. The summed E-state index contributed by atoms with van der Waals surface area (Å²) in [7, 11) is -14.1. The zero-order chi connectivity index (χ0) is 48.8. The van der Waals surface area contributed by atoms with Crippen LogP contribution in [-0.2, 0) is 56.2 Å². The second kappa shape index (κ2) is 23.3. The maximum atomic E-state index is 12.1. The van der Waals surface area contributed by atoms with Gasteiger partial charge in [-0.2, -0.15) is 10.2 Å². The average Bonchev–Trinajstić information content (AvgIpc) is 3.95. The lowest BCUT2D eigenvalue weighted by Crippen LogP contribution is -2.14. The molecule has 6 rings (SSSR count). The Bertz CT molecular complexity index is 2970. The number of hydrogen-bond donors (Lipinski definition) is 1. The number of aromatic amines is 1. The molecular formula is C42H59N7O10S5. The molecule has 1 aromatic carbocycles. The summed E-state index contributed by atoms with van der Waals surface area (Å²) in [4.78, 5) is 13.6. The van der Waals surface area contributed by atoms with E-state index in [9.17, 15) is 42.1 Å². The number of pyridine rings is 3. The van der Waals surface area contributed by atoms with Crippen molar-refractivity contribution in [2.45, 2.75) is 127 Å². The van der Waals surface area contributed by atoms with Crippen LogP contribution in [0.2, 0.25) is 0 Å². The number of hydrogen-bond acceptors (Lipinski definition) is 15. The van der Waals surface area contributed by atoms with Crippen LogP contribution in [0.1, 0.15) is 74.9 Å². The van der Waals surface area contributed by atoms with Gasteiger partial charge in [-0.25, -0.2) is 42.1 Å².